The van der Waals surface area contributed by atoms with E-state index in [1.165, 1.54) is 6.33 Å². The van der Waals surface area contributed by atoms with Gasteiger partial charge < -0.3 is 5.11 Å². The average Bonchev–Trinajstić information content (AvgIpc) is 3.27. The summed E-state index contributed by atoms with van der Waals surface area (Å²) in [5.74, 6) is -2.12. The van der Waals surface area contributed by atoms with E-state index in [0.29, 0.717) is 0 Å². The van der Waals surface area contributed by atoms with Crippen LogP contribution in [0.15, 0.2) is 52.7 Å². The number of sulfone groups is 1. The molecule has 25 heavy (non-hydrogen) atoms. The van der Waals surface area contributed by atoms with Crippen molar-refractivity contribution in [2.45, 2.75) is 9.79 Å². The molecule has 0 bridgehead atoms. The smallest absolute Gasteiger partial charge is 0.215 e. The zero-order chi connectivity index (χ0) is 18.0. The summed E-state index contributed by atoms with van der Waals surface area (Å²) in [7, 11) is -4.11. The fourth-order valence-electron chi connectivity index (χ4n) is 1.99. The lowest BCUT2D eigenvalue weighted by Gasteiger charge is -2.04. The van der Waals surface area contributed by atoms with Crippen molar-refractivity contribution >= 4 is 21.4 Å². The normalized spacial score (nSPS) is 12.3. The molecule has 0 saturated carbocycles. The zero-order valence-corrected chi connectivity index (χ0v) is 13.2. The molecule has 128 valence electrons. The van der Waals surface area contributed by atoms with E-state index in [1.807, 2.05) is 0 Å². The number of nitrogens with one attached hydrogen (secondary N) is 2. The number of nitrogens with zero attached hydrogens (tertiary/aromatic N) is 3. The molecule has 0 unspecified atom stereocenters. The van der Waals surface area contributed by atoms with Gasteiger partial charge in [0.05, 0.1) is 11.1 Å². The number of aliphatic hydroxyl groups excluding tert-OH is 1. The number of aromatic nitrogens is 5. The molecule has 0 aliphatic carbocycles. The SMILES string of the molecule is O=C(C=C(O)c1nc[nH]n1)c1[nH]ncc1S(=O)(=O)c1ccc(F)cc1. The van der Waals surface area contributed by atoms with Gasteiger partial charge in [0.2, 0.25) is 21.4 Å². The second kappa shape index (κ2) is 6.28. The van der Waals surface area contributed by atoms with Gasteiger partial charge >= 0.3 is 0 Å². The molecule has 2 aromatic heterocycles. The number of hydrogen-bond acceptors (Lipinski definition) is 7. The van der Waals surface area contributed by atoms with Crippen LogP contribution in [0.4, 0.5) is 4.39 Å². The van der Waals surface area contributed by atoms with E-state index in [0.717, 1.165) is 36.5 Å². The van der Waals surface area contributed by atoms with Crippen LogP contribution >= 0.6 is 0 Å². The van der Waals surface area contributed by atoms with E-state index in [-0.39, 0.29) is 16.4 Å². The third-order valence-corrected chi connectivity index (χ3v) is 4.96. The largest absolute Gasteiger partial charge is 0.504 e. The molecule has 0 radical (unpaired) electrons. The molecule has 3 N–H and O–H groups in total. The standard InChI is InChI=1S/C14H10FN5O4S/c15-8-1-3-9(4-2-8)25(23,24)12-6-17-19-13(12)10(21)5-11(22)14-16-7-18-20-14/h1-7,22H,(H,17,19)(H,16,18,20). The minimum Gasteiger partial charge on any atom is -0.504 e. The molecular formula is C14H10FN5O4S. The average molecular weight is 363 g/mol. The first-order chi connectivity index (χ1) is 11.9. The summed E-state index contributed by atoms with van der Waals surface area (Å²) in [5, 5.41) is 21.6. The molecule has 0 atom stereocenters. The number of allylic oxidation sites excluding steroid dienone is 1. The lowest BCUT2D eigenvalue weighted by Crippen LogP contribution is -2.08. The Bertz CT molecular complexity index is 1040. The van der Waals surface area contributed by atoms with E-state index in [1.54, 1.807) is 0 Å². The predicted molar refractivity (Wildman–Crippen MR) is 81.8 cm³/mol. The second-order valence-electron chi connectivity index (χ2n) is 4.78. The van der Waals surface area contributed by atoms with E-state index in [2.05, 4.69) is 25.4 Å². The number of H-pyrrole nitrogens is 2. The molecule has 0 fully saturated rings. The molecular weight excluding hydrogens is 353 g/mol. The molecule has 9 nitrogen and oxygen atoms in total. The van der Waals surface area contributed by atoms with Gasteiger partial charge in [-0.25, -0.2) is 17.8 Å². The van der Waals surface area contributed by atoms with Crippen LogP contribution in [0.3, 0.4) is 0 Å². The van der Waals surface area contributed by atoms with Gasteiger partial charge in [0.25, 0.3) is 0 Å². The van der Waals surface area contributed by atoms with Gasteiger partial charge in [0.15, 0.2) is 5.76 Å². The highest BCUT2D eigenvalue weighted by atomic mass is 32.2. The topological polar surface area (TPSA) is 142 Å². The van der Waals surface area contributed by atoms with Gasteiger partial charge in [0.1, 0.15) is 22.7 Å². The highest BCUT2D eigenvalue weighted by Crippen LogP contribution is 2.24. The first kappa shape index (κ1) is 16.5. The van der Waals surface area contributed by atoms with Gasteiger partial charge in [0, 0.05) is 6.08 Å². The number of rotatable bonds is 5. The summed E-state index contributed by atoms with van der Waals surface area (Å²) in [6.45, 7) is 0. The number of aromatic amines is 2. The third kappa shape index (κ3) is 3.17. The van der Waals surface area contributed by atoms with Crippen LogP contribution in [0, 0.1) is 5.82 Å². The van der Waals surface area contributed by atoms with Gasteiger partial charge in [-0.2, -0.15) is 10.2 Å². The number of hydrogen-bond donors (Lipinski definition) is 3. The van der Waals surface area contributed by atoms with Crippen molar-refractivity contribution in [3.8, 4) is 0 Å². The Morgan fingerprint density at radius 2 is 1.96 bits per heavy atom. The second-order valence-corrected chi connectivity index (χ2v) is 6.70. The first-order valence-electron chi connectivity index (χ1n) is 6.75. The van der Waals surface area contributed by atoms with E-state index in [4.69, 9.17) is 0 Å². The lowest BCUT2D eigenvalue weighted by atomic mass is 10.2. The maximum Gasteiger partial charge on any atom is 0.215 e. The number of ketones is 1. The van der Waals surface area contributed by atoms with E-state index in [9.17, 15) is 22.7 Å². The lowest BCUT2D eigenvalue weighted by molar-refractivity contribution is 0.103. The molecule has 0 aliphatic rings. The van der Waals surface area contributed by atoms with E-state index >= 15 is 0 Å². The number of benzene rings is 1. The first-order valence-corrected chi connectivity index (χ1v) is 8.23. The van der Waals surface area contributed by atoms with Crippen molar-refractivity contribution in [3.63, 3.8) is 0 Å². The predicted octanol–water partition coefficient (Wildman–Crippen LogP) is 1.28. The zero-order valence-electron chi connectivity index (χ0n) is 12.3. The molecule has 3 aromatic rings. The molecule has 2 heterocycles. The molecule has 11 heteroatoms. The van der Waals surface area contributed by atoms with Crippen LogP contribution in [0.5, 0.6) is 0 Å². The maximum absolute atomic E-state index is 13.0. The minimum atomic E-state index is -4.11. The highest BCUT2D eigenvalue weighted by molar-refractivity contribution is 7.91. The van der Waals surface area contributed by atoms with Crippen molar-refractivity contribution in [3.05, 3.63) is 60.2 Å². The monoisotopic (exact) mass is 363 g/mol. The Hall–Kier alpha value is -3.34. The summed E-state index contributed by atoms with van der Waals surface area (Å²) in [6.07, 6.45) is 2.93. The van der Waals surface area contributed by atoms with Crippen LogP contribution < -0.4 is 0 Å². The van der Waals surface area contributed by atoms with Gasteiger partial charge in [-0.3, -0.25) is 15.0 Å². The van der Waals surface area contributed by atoms with Crippen LogP contribution in [-0.2, 0) is 9.84 Å². The Balaban J connectivity index is 1.99. The summed E-state index contributed by atoms with van der Waals surface area (Å²) in [6, 6.07) is 4.13. The number of carbonyl (C=O) groups excluding carboxylic acids is 1. The molecule has 0 spiro atoms. The Morgan fingerprint density at radius 3 is 2.60 bits per heavy atom. The van der Waals surface area contributed by atoms with Gasteiger partial charge in [-0.15, -0.1) is 0 Å². The third-order valence-electron chi connectivity index (χ3n) is 3.18. The molecule has 0 aliphatic heterocycles. The Morgan fingerprint density at radius 1 is 1.24 bits per heavy atom. The van der Waals surface area contributed by atoms with Crippen molar-refractivity contribution in [2.24, 2.45) is 0 Å². The fourth-order valence-corrected chi connectivity index (χ4v) is 3.34. The van der Waals surface area contributed by atoms with E-state index < -0.39 is 32.1 Å². The van der Waals surface area contributed by atoms with Crippen molar-refractivity contribution in [1.29, 1.82) is 0 Å². The van der Waals surface area contributed by atoms with Crippen LogP contribution in [0.25, 0.3) is 5.76 Å². The van der Waals surface area contributed by atoms with Crippen LogP contribution in [-0.4, -0.2) is 44.7 Å². The number of aliphatic hydroxyl groups is 1. The molecule has 3 rings (SSSR count). The molecule has 1 aromatic carbocycles. The van der Waals surface area contributed by atoms with Gasteiger partial charge in [-0.05, 0) is 24.3 Å². The number of halogens is 1. The summed E-state index contributed by atoms with van der Waals surface area (Å²) >= 11 is 0. The summed E-state index contributed by atoms with van der Waals surface area (Å²) in [5.41, 5.74) is -0.355. The summed E-state index contributed by atoms with van der Waals surface area (Å²) in [4.78, 5) is 15.3. The van der Waals surface area contributed by atoms with Crippen molar-refractivity contribution in [1.82, 2.24) is 25.4 Å². The minimum absolute atomic E-state index is 0.129. The van der Waals surface area contributed by atoms with Crippen LogP contribution in [0.1, 0.15) is 16.3 Å². The Kier molecular flexibility index (Phi) is 4.15. The van der Waals surface area contributed by atoms with Crippen molar-refractivity contribution < 1.29 is 22.7 Å². The quantitative estimate of drug-likeness (QED) is 0.268. The molecule has 0 amide bonds. The number of carbonyl (C=O) groups is 1. The van der Waals surface area contributed by atoms with Crippen LogP contribution in [0.2, 0.25) is 0 Å². The van der Waals surface area contributed by atoms with Gasteiger partial charge in [-0.1, -0.05) is 0 Å². The summed E-state index contributed by atoms with van der Waals surface area (Å²) < 4.78 is 38.2. The van der Waals surface area contributed by atoms with Crippen molar-refractivity contribution in [2.75, 3.05) is 0 Å². The Labute approximate surface area is 140 Å². The fraction of sp³-hybridized carbons (Fsp3) is 0. The highest BCUT2D eigenvalue weighted by Gasteiger charge is 2.26. The maximum atomic E-state index is 13.0. The molecule has 0 saturated heterocycles.